The second-order valence-corrected chi connectivity index (χ2v) is 6.40. The van der Waals surface area contributed by atoms with Crippen LogP contribution in [0.5, 0.6) is 0 Å². The molecule has 1 aliphatic rings. The van der Waals surface area contributed by atoms with E-state index >= 15 is 0 Å². The minimum atomic E-state index is 0.111. The minimum Gasteiger partial charge on any atom is -0.352 e. The second kappa shape index (κ2) is 5.58. The van der Waals surface area contributed by atoms with Gasteiger partial charge in [-0.25, -0.2) is 0 Å². The molecule has 3 rings (SSSR count). The molecule has 0 N–H and O–H groups in total. The Hall–Kier alpha value is -2.98. The summed E-state index contributed by atoms with van der Waals surface area (Å²) < 4.78 is 0. The molecule has 120 valence electrons. The zero-order valence-corrected chi connectivity index (χ0v) is 14.7. The maximum atomic E-state index is 9.39. The SMILES string of the molecule is Cc1ccc(C)c(N2c3cc(C#N)c(C#N)cc3N(C)[C@@H]2C)c1C. The standard InChI is InChI=1S/C20H20N4/c1-12-6-7-13(2)20(14(12)3)24-15(4)23(5)18-8-16(10-21)17(11-22)9-19(18)24/h6-9,15H,1-5H3/t15-/m0/s1. The number of rotatable bonds is 1. The zero-order valence-electron chi connectivity index (χ0n) is 14.7. The highest BCUT2D eigenvalue weighted by Crippen LogP contribution is 2.46. The fourth-order valence-corrected chi connectivity index (χ4v) is 3.43. The average molecular weight is 316 g/mol. The predicted octanol–water partition coefficient (Wildman–Crippen LogP) is 4.29. The molecule has 4 heteroatoms. The Morgan fingerprint density at radius 1 is 0.917 bits per heavy atom. The summed E-state index contributed by atoms with van der Waals surface area (Å²) in [7, 11) is 2.02. The van der Waals surface area contributed by atoms with E-state index < -0.39 is 0 Å². The van der Waals surface area contributed by atoms with Crippen molar-refractivity contribution in [2.75, 3.05) is 16.8 Å². The van der Waals surface area contributed by atoms with Crippen LogP contribution < -0.4 is 9.80 Å². The number of nitrogens with zero attached hydrogens (tertiary/aromatic N) is 4. The van der Waals surface area contributed by atoms with Crippen LogP contribution in [0.4, 0.5) is 17.1 Å². The molecule has 4 nitrogen and oxygen atoms in total. The van der Waals surface area contributed by atoms with E-state index in [2.05, 4.69) is 61.8 Å². The first kappa shape index (κ1) is 15.9. The molecule has 0 bridgehead atoms. The smallest absolute Gasteiger partial charge is 0.103 e. The zero-order chi connectivity index (χ0) is 17.6. The van der Waals surface area contributed by atoms with Crippen molar-refractivity contribution in [3.05, 3.63) is 52.1 Å². The monoisotopic (exact) mass is 316 g/mol. The maximum absolute atomic E-state index is 9.39. The highest BCUT2D eigenvalue weighted by atomic mass is 15.4. The molecule has 2 aromatic rings. The van der Waals surface area contributed by atoms with Crippen LogP contribution in [0.1, 0.15) is 34.7 Å². The lowest BCUT2D eigenvalue weighted by Gasteiger charge is -2.31. The molecule has 1 aliphatic heterocycles. The van der Waals surface area contributed by atoms with Gasteiger partial charge in [-0.2, -0.15) is 10.5 Å². The lowest BCUT2D eigenvalue weighted by Crippen LogP contribution is -2.36. The molecule has 24 heavy (non-hydrogen) atoms. The van der Waals surface area contributed by atoms with Crippen molar-refractivity contribution in [2.45, 2.75) is 33.9 Å². The normalized spacial score (nSPS) is 15.9. The van der Waals surface area contributed by atoms with Gasteiger partial charge in [0.1, 0.15) is 18.3 Å². The van der Waals surface area contributed by atoms with E-state index in [0.29, 0.717) is 11.1 Å². The Kier molecular flexibility index (Phi) is 3.70. The summed E-state index contributed by atoms with van der Waals surface area (Å²) in [6.07, 6.45) is 0.111. The van der Waals surface area contributed by atoms with Gasteiger partial charge in [0.25, 0.3) is 0 Å². The molecule has 0 radical (unpaired) electrons. The van der Waals surface area contributed by atoms with Gasteiger partial charge in [-0.3, -0.25) is 0 Å². The van der Waals surface area contributed by atoms with E-state index in [9.17, 15) is 10.5 Å². The number of hydrogen-bond donors (Lipinski definition) is 0. The summed E-state index contributed by atoms with van der Waals surface area (Å²) in [5, 5.41) is 18.7. The lowest BCUT2D eigenvalue weighted by molar-refractivity contribution is 0.730. The molecule has 1 atom stereocenters. The van der Waals surface area contributed by atoms with Gasteiger partial charge in [0.05, 0.1) is 22.5 Å². The molecule has 0 saturated heterocycles. The van der Waals surface area contributed by atoms with Crippen molar-refractivity contribution in [3.8, 4) is 12.1 Å². The number of nitriles is 2. The van der Waals surface area contributed by atoms with Crippen LogP contribution in [0.15, 0.2) is 24.3 Å². The van der Waals surface area contributed by atoms with Crippen LogP contribution in [-0.2, 0) is 0 Å². The molecule has 0 fully saturated rings. The molecule has 0 spiro atoms. The second-order valence-electron chi connectivity index (χ2n) is 6.40. The molecular formula is C20H20N4. The molecule has 0 amide bonds. The first-order valence-electron chi connectivity index (χ1n) is 7.97. The summed E-state index contributed by atoms with van der Waals surface area (Å²) in [6, 6.07) is 12.2. The summed E-state index contributed by atoms with van der Waals surface area (Å²) in [5.74, 6) is 0. The van der Waals surface area contributed by atoms with Crippen LogP contribution in [0.25, 0.3) is 0 Å². The fourth-order valence-electron chi connectivity index (χ4n) is 3.43. The molecule has 0 saturated carbocycles. The van der Waals surface area contributed by atoms with E-state index in [-0.39, 0.29) is 6.17 Å². The van der Waals surface area contributed by atoms with Crippen LogP contribution in [0.2, 0.25) is 0 Å². The highest BCUT2D eigenvalue weighted by molar-refractivity contribution is 5.87. The van der Waals surface area contributed by atoms with Crippen LogP contribution >= 0.6 is 0 Å². The highest BCUT2D eigenvalue weighted by Gasteiger charge is 2.34. The number of anilines is 3. The van der Waals surface area contributed by atoms with Gasteiger partial charge in [-0.15, -0.1) is 0 Å². The van der Waals surface area contributed by atoms with E-state index in [1.165, 1.54) is 22.4 Å². The lowest BCUT2D eigenvalue weighted by atomic mass is 10.0. The van der Waals surface area contributed by atoms with Crippen molar-refractivity contribution >= 4 is 17.1 Å². The summed E-state index contributed by atoms with van der Waals surface area (Å²) >= 11 is 0. The Morgan fingerprint density at radius 2 is 1.46 bits per heavy atom. The quantitative estimate of drug-likeness (QED) is 0.787. The summed E-state index contributed by atoms with van der Waals surface area (Å²) in [4.78, 5) is 4.42. The van der Waals surface area contributed by atoms with Crippen molar-refractivity contribution < 1.29 is 0 Å². The number of fused-ring (bicyclic) bond motifs is 1. The summed E-state index contributed by atoms with van der Waals surface area (Å²) in [5.41, 5.74) is 7.69. The largest absolute Gasteiger partial charge is 0.352 e. The average Bonchev–Trinajstić information content (AvgIpc) is 2.82. The summed E-state index contributed by atoms with van der Waals surface area (Å²) in [6.45, 7) is 8.50. The van der Waals surface area contributed by atoms with E-state index in [1.54, 1.807) is 0 Å². The van der Waals surface area contributed by atoms with E-state index in [1.807, 2.05) is 19.2 Å². The van der Waals surface area contributed by atoms with Crippen LogP contribution in [0.3, 0.4) is 0 Å². The molecular weight excluding hydrogens is 296 g/mol. The van der Waals surface area contributed by atoms with Gasteiger partial charge in [-0.05, 0) is 56.5 Å². The Balaban J connectivity index is 2.30. The molecule has 1 heterocycles. The Morgan fingerprint density at radius 3 is 2.04 bits per heavy atom. The maximum Gasteiger partial charge on any atom is 0.103 e. The van der Waals surface area contributed by atoms with Crippen molar-refractivity contribution in [1.29, 1.82) is 10.5 Å². The van der Waals surface area contributed by atoms with Gasteiger partial charge in [0, 0.05) is 12.7 Å². The van der Waals surface area contributed by atoms with Crippen molar-refractivity contribution in [1.82, 2.24) is 0 Å². The third-order valence-corrected chi connectivity index (χ3v) is 5.07. The predicted molar refractivity (Wildman–Crippen MR) is 96.5 cm³/mol. The van der Waals surface area contributed by atoms with Crippen LogP contribution in [0, 0.1) is 43.4 Å². The topological polar surface area (TPSA) is 54.1 Å². The van der Waals surface area contributed by atoms with E-state index in [0.717, 1.165) is 11.4 Å². The third-order valence-electron chi connectivity index (χ3n) is 5.07. The van der Waals surface area contributed by atoms with Gasteiger partial charge >= 0.3 is 0 Å². The third kappa shape index (κ3) is 2.12. The van der Waals surface area contributed by atoms with Gasteiger partial charge in [0.2, 0.25) is 0 Å². The molecule has 0 aliphatic carbocycles. The Bertz CT molecular complexity index is 915. The van der Waals surface area contributed by atoms with Gasteiger partial charge in [-0.1, -0.05) is 12.1 Å². The first-order valence-corrected chi connectivity index (χ1v) is 7.97. The van der Waals surface area contributed by atoms with Crippen molar-refractivity contribution in [2.24, 2.45) is 0 Å². The first-order chi connectivity index (χ1) is 11.4. The van der Waals surface area contributed by atoms with E-state index in [4.69, 9.17) is 0 Å². The molecule has 0 unspecified atom stereocenters. The number of benzene rings is 2. The van der Waals surface area contributed by atoms with Crippen molar-refractivity contribution in [3.63, 3.8) is 0 Å². The van der Waals surface area contributed by atoms with Gasteiger partial charge < -0.3 is 9.80 Å². The minimum absolute atomic E-state index is 0.111. The fraction of sp³-hybridized carbons (Fsp3) is 0.300. The number of aryl methyl sites for hydroxylation is 2. The Labute approximate surface area is 143 Å². The van der Waals surface area contributed by atoms with Crippen LogP contribution in [-0.4, -0.2) is 13.2 Å². The molecule has 0 aromatic heterocycles. The van der Waals surface area contributed by atoms with Gasteiger partial charge in [0.15, 0.2) is 0 Å². The number of hydrogen-bond acceptors (Lipinski definition) is 4. The molecule has 2 aromatic carbocycles.